The molecule has 1 aliphatic rings. The number of hydrogen-bond donors (Lipinski definition) is 1. The molecule has 1 aliphatic carbocycles. The van der Waals surface area contributed by atoms with Crippen LogP contribution in [0.15, 0.2) is 0 Å². The fourth-order valence-electron chi connectivity index (χ4n) is 0.485. The summed E-state index contributed by atoms with van der Waals surface area (Å²) in [5.41, 5.74) is 5.15. The van der Waals surface area contributed by atoms with Crippen LogP contribution in [0.3, 0.4) is 0 Å². The van der Waals surface area contributed by atoms with E-state index in [0.29, 0.717) is 6.42 Å². The highest BCUT2D eigenvalue weighted by Crippen LogP contribution is 2.19. The van der Waals surface area contributed by atoms with Gasteiger partial charge in [-0.1, -0.05) is 0 Å². The van der Waals surface area contributed by atoms with Gasteiger partial charge in [0.05, 0.1) is 0 Å². The summed E-state index contributed by atoms with van der Waals surface area (Å²) in [6, 6.07) is -0.134. The first kappa shape index (κ1) is 4.06. The van der Waals surface area contributed by atoms with E-state index >= 15 is 0 Å². The molecule has 2 atom stereocenters. The maximum atomic E-state index is 11.8. The molecule has 2 heteroatoms. The molecule has 1 rings (SSSR count). The Balaban J connectivity index is 2.20. The van der Waals surface area contributed by atoms with Crippen LogP contribution >= 0.6 is 0 Å². The SMILES string of the molecule is N[C@H]1CC[C@H]1F. The number of rotatable bonds is 0. The Morgan fingerprint density at radius 1 is 1.50 bits per heavy atom. The van der Waals surface area contributed by atoms with Gasteiger partial charge in [-0.05, 0) is 12.8 Å². The molecular formula is C4H8FN. The van der Waals surface area contributed by atoms with Crippen LogP contribution in [-0.4, -0.2) is 12.2 Å². The monoisotopic (exact) mass is 89.1 g/mol. The summed E-state index contributed by atoms with van der Waals surface area (Å²) >= 11 is 0. The van der Waals surface area contributed by atoms with Crippen LogP contribution in [-0.2, 0) is 0 Å². The van der Waals surface area contributed by atoms with E-state index in [1.54, 1.807) is 0 Å². The van der Waals surface area contributed by atoms with E-state index < -0.39 is 6.17 Å². The van der Waals surface area contributed by atoms with E-state index in [0.717, 1.165) is 6.42 Å². The van der Waals surface area contributed by atoms with Crippen molar-refractivity contribution in [2.24, 2.45) is 5.73 Å². The summed E-state index contributed by atoms with van der Waals surface area (Å²) in [4.78, 5) is 0. The molecule has 36 valence electrons. The van der Waals surface area contributed by atoms with Crippen molar-refractivity contribution in [2.45, 2.75) is 25.1 Å². The van der Waals surface area contributed by atoms with Crippen LogP contribution in [0.4, 0.5) is 4.39 Å². The minimum absolute atomic E-state index is 0.134. The zero-order valence-electron chi connectivity index (χ0n) is 3.52. The third kappa shape index (κ3) is 0.411. The van der Waals surface area contributed by atoms with Gasteiger partial charge in [0, 0.05) is 6.04 Å². The minimum atomic E-state index is -0.690. The molecule has 0 aliphatic heterocycles. The molecule has 1 saturated carbocycles. The molecule has 6 heavy (non-hydrogen) atoms. The Morgan fingerprint density at radius 3 is 2.00 bits per heavy atom. The Morgan fingerprint density at radius 2 is 2.00 bits per heavy atom. The van der Waals surface area contributed by atoms with Crippen molar-refractivity contribution in [3.63, 3.8) is 0 Å². The molecule has 0 radical (unpaired) electrons. The van der Waals surface area contributed by atoms with E-state index in [9.17, 15) is 4.39 Å². The van der Waals surface area contributed by atoms with Gasteiger partial charge in [-0.3, -0.25) is 0 Å². The second kappa shape index (κ2) is 1.19. The van der Waals surface area contributed by atoms with Gasteiger partial charge < -0.3 is 5.73 Å². The topological polar surface area (TPSA) is 26.0 Å². The molecule has 0 amide bonds. The van der Waals surface area contributed by atoms with Crippen molar-refractivity contribution in [1.82, 2.24) is 0 Å². The zero-order valence-corrected chi connectivity index (χ0v) is 3.52. The fourth-order valence-corrected chi connectivity index (χ4v) is 0.485. The van der Waals surface area contributed by atoms with Crippen molar-refractivity contribution in [1.29, 1.82) is 0 Å². The molecule has 0 unspecified atom stereocenters. The third-order valence-corrected chi connectivity index (χ3v) is 1.24. The van der Waals surface area contributed by atoms with Gasteiger partial charge in [0.1, 0.15) is 6.17 Å². The Bertz CT molecular complexity index is 47.5. The summed E-state index contributed by atoms with van der Waals surface area (Å²) in [5, 5.41) is 0. The van der Waals surface area contributed by atoms with Gasteiger partial charge in [0.2, 0.25) is 0 Å². The van der Waals surface area contributed by atoms with Crippen molar-refractivity contribution in [3.05, 3.63) is 0 Å². The van der Waals surface area contributed by atoms with Crippen LogP contribution in [0.1, 0.15) is 12.8 Å². The lowest BCUT2D eigenvalue weighted by Gasteiger charge is -2.25. The van der Waals surface area contributed by atoms with E-state index in [4.69, 9.17) is 5.73 Å². The van der Waals surface area contributed by atoms with Crippen LogP contribution in [0, 0.1) is 0 Å². The lowest BCUT2D eigenvalue weighted by molar-refractivity contribution is 0.173. The van der Waals surface area contributed by atoms with E-state index in [1.165, 1.54) is 0 Å². The average molecular weight is 89.1 g/mol. The first-order valence-electron chi connectivity index (χ1n) is 2.20. The van der Waals surface area contributed by atoms with E-state index in [2.05, 4.69) is 0 Å². The lowest BCUT2D eigenvalue weighted by atomic mass is 9.92. The predicted octanol–water partition coefficient (Wildman–Crippen LogP) is 0.446. The van der Waals surface area contributed by atoms with Crippen LogP contribution in [0.2, 0.25) is 0 Å². The maximum absolute atomic E-state index is 11.8. The zero-order chi connectivity index (χ0) is 4.57. The molecule has 0 heterocycles. The van der Waals surface area contributed by atoms with Gasteiger partial charge in [0.15, 0.2) is 0 Å². The van der Waals surface area contributed by atoms with Crippen LogP contribution in [0.5, 0.6) is 0 Å². The summed E-state index contributed by atoms with van der Waals surface area (Å²) in [6.45, 7) is 0. The van der Waals surface area contributed by atoms with Crippen LogP contribution < -0.4 is 5.73 Å². The normalized spacial score (nSPS) is 45.0. The second-order valence-corrected chi connectivity index (χ2v) is 1.76. The van der Waals surface area contributed by atoms with E-state index in [-0.39, 0.29) is 6.04 Å². The molecule has 0 aromatic heterocycles. The largest absolute Gasteiger partial charge is 0.325 e. The van der Waals surface area contributed by atoms with E-state index in [1.807, 2.05) is 0 Å². The van der Waals surface area contributed by atoms with Gasteiger partial charge in [-0.2, -0.15) is 0 Å². The molecule has 0 aromatic rings. The highest BCUT2D eigenvalue weighted by Gasteiger charge is 2.25. The predicted molar refractivity (Wildman–Crippen MR) is 22.1 cm³/mol. The molecule has 0 saturated heterocycles. The highest BCUT2D eigenvalue weighted by atomic mass is 19.1. The lowest BCUT2D eigenvalue weighted by Crippen LogP contribution is -2.40. The van der Waals surface area contributed by atoms with Crippen molar-refractivity contribution in [3.8, 4) is 0 Å². The molecule has 0 aromatic carbocycles. The average Bonchev–Trinajstić information content (AvgIpc) is 1.61. The van der Waals surface area contributed by atoms with Crippen molar-refractivity contribution < 1.29 is 4.39 Å². The number of nitrogens with two attached hydrogens (primary N) is 1. The summed E-state index contributed by atoms with van der Waals surface area (Å²) in [7, 11) is 0. The first-order chi connectivity index (χ1) is 2.80. The molecule has 0 bridgehead atoms. The standard InChI is InChI=1S/C4H8FN/c5-3-1-2-4(3)6/h3-4H,1-2,6H2/t3-,4+/m1/s1. The summed E-state index contributed by atoms with van der Waals surface area (Å²) in [6.07, 6.45) is 0.868. The van der Waals surface area contributed by atoms with Crippen LogP contribution in [0.25, 0.3) is 0 Å². The Hall–Kier alpha value is -0.110. The first-order valence-corrected chi connectivity index (χ1v) is 2.20. The third-order valence-electron chi connectivity index (χ3n) is 1.24. The fraction of sp³-hybridized carbons (Fsp3) is 1.00. The van der Waals surface area contributed by atoms with Gasteiger partial charge in [0.25, 0.3) is 0 Å². The maximum Gasteiger partial charge on any atom is 0.115 e. The molecule has 2 N–H and O–H groups in total. The molecule has 1 fully saturated rings. The molecule has 0 spiro atoms. The molecular weight excluding hydrogens is 81.0 g/mol. The number of halogens is 1. The van der Waals surface area contributed by atoms with Crippen molar-refractivity contribution in [2.75, 3.05) is 0 Å². The number of hydrogen-bond acceptors (Lipinski definition) is 1. The summed E-state index contributed by atoms with van der Waals surface area (Å²) < 4.78 is 11.8. The highest BCUT2D eigenvalue weighted by molar-refractivity contribution is 4.82. The van der Waals surface area contributed by atoms with Gasteiger partial charge in [-0.15, -0.1) is 0 Å². The van der Waals surface area contributed by atoms with Gasteiger partial charge in [-0.25, -0.2) is 4.39 Å². The van der Waals surface area contributed by atoms with Crippen molar-refractivity contribution >= 4 is 0 Å². The Labute approximate surface area is 36.3 Å². The van der Waals surface area contributed by atoms with Gasteiger partial charge >= 0.3 is 0 Å². The Kier molecular flexibility index (Phi) is 0.804. The smallest absolute Gasteiger partial charge is 0.115 e. The minimum Gasteiger partial charge on any atom is -0.325 e. The summed E-state index contributed by atoms with van der Waals surface area (Å²) in [5.74, 6) is 0. The number of alkyl halides is 1. The molecule has 1 nitrogen and oxygen atoms in total. The second-order valence-electron chi connectivity index (χ2n) is 1.76. The quantitative estimate of drug-likeness (QED) is 0.458.